The van der Waals surface area contributed by atoms with E-state index < -0.39 is 0 Å². The molecule has 0 aliphatic carbocycles. The quantitative estimate of drug-likeness (QED) is 0.898. The summed E-state index contributed by atoms with van der Waals surface area (Å²) in [6, 6.07) is 11.4. The summed E-state index contributed by atoms with van der Waals surface area (Å²) in [5.74, 6) is 0.664. The molecule has 2 aromatic rings. The maximum absolute atomic E-state index is 6.24. The van der Waals surface area contributed by atoms with Gasteiger partial charge in [-0.15, -0.1) is 0 Å². The number of anilines is 1. The van der Waals surface area contributed by atoms with E-state index in [2.05, 4.69) is 31.1 Å². The Morgan fingerprint density at radius 3 is 2.60 bits per heavy atom. The molecule has 0 spiro atoms. The number of hydrogen-bond acceptors (Lipinski definition) is 3. The van der Waals surface area contributed by atoms with E-state index in [1.165, 1.54) is 0 Å². The van der Waals surface area contributed by atoms with Crippen molar-refractivity contribution in [3.8, 4) is 5.75 Å². The van der Waals surface area contributed by atoms with Gasteiger partial charge >= 0.3 is 0 Å². The fourth-order valence-electron chi connectivity index (χ4n) is 1.76. The summed E-state index contributed by atoms with van der Waals surface area (Å²) in [6.45, 7) is 6.72. The summed E-state index contributed by atoms with van der Waals surface area (Å²) in [5.41, 5.74) is 1.85. The summed E-state index contributed by atoms with van der Waals surface area (Å²) in [6.07, 6.45) is 1.75. The van der Waals surface area contributed by atoms with Crippen LogP contribution in [0.3, 0.4) is 0 Å². The standard InChI is InChI=1S/C16H19ClN2O/c1-16(2,3)19-12-7-8-15(14(17)10-12)20-11-13-6-4-5-9-18-13/h4-10,19H,11H2,1-3H3. The van der Waals surface area contributed by atoms with Crippen molar-refractivity contribution in [2.75, 3.05) is 5.32 Å². The molecular weight excluding hydrogens is 272 g/mol. The summed E-state index contributed by atoms with van der Waals surface area (Å²) in [7, 11) is 0. The van der Waals surface area contributed by atoms with Crippen LogP contribution in [0, 0.1) is 0 Å². The van der Waals surface area contributed by atoms with Crippen LogP contribution in [-0.2, 0) is 6.61 Å². The van der Waals surface area contributed by atoms with Gasteiger partial charge < -0.3 is 10.1 Å². The number of nitrogens with zero attached hydrogens (tertiary/aromatic N) is 1. The van der Waals surface area contributed by atoms with Gasteiger partial charge in [-0.1, -0.05) is 17.7 Å². The summed E-state index contributed by atoms with van der Waals surface area (Å²) < 4.78 is 5.69. The van der Waals surface area contributed by atoms with Gasteiger partial charge in [0.1, 0.15) is 12.4 Å². The highest BCUT2D eigenvalue weighted by atomic mass is 35.5. The minimum absolute atomic E-state index is 0.000336. The van der Waals surface area contributed by atoms with E-state index in [-0.39, 0.29) is 5.54 Å². The molecule has 0 aliphatic rings. The van der Waals surface area contributed by atoms with Crippen molar-refractivity contribution in [3.05, 3.63) is 53.3 Å². The molecule has 2 rings (SSSR count). The van der Waals surface area contributed by atoms with Gasteiger partial charge in [0.25, 0.3) is 0 Å². The molecule has 20 heavy (non-hydrogen) atoms. The van der Waals surface area contributed by atoms with Crippen molar-refractivity contribution in [2.45, 2.75) is 32.9 Å². The van der Waals surface area contributed by atoms with Gasteiger partial charge in [0.05, 0.1) is 10.7 Å². The first-order valence-corrected chi connectivity index (χ1v) is 6.92. The van der Waals surface area contributed by atoms with Crippen LogP contribution in [0.15, 0.2) is 42.6 Å². The first kappa shape index (κ1) is 14.7. The summed E-state index contributed by atoms with van der Waals surface area (Å²) >= 11 is 6.24. The number of nitrogens with one attached hydrogen (secondary N) is 1. The van der Waals surface area contributed by atoms with Gasteiger partial charge in [-0.2, -0.15) is 0 Å². The SMILES string of the molecule is CC(C)(C)Nc1ccc(OCc2ccccn2)c(Cl)c1. The van der Waals surface area contributed by atoms with Gasteiger partial charge in [0, 0.05) is 17.4 Å². The molecule has 1 aromatic heterocycles. The number of rotatable bonds is 4. The second kappa shape index (κ2) is 6.14. The Bertz CT molecular complexity index is 564. The Kier molecular flexibility index (Phi) is 4.50. The molecule has 1 heterocycles. The van der Waals surface area contributed by atoms with E-state index in [4.69, 9.17) is 16.3 Å². The normalized spacial score (nSPS) is 11.2. The van der Waals surface area contributed by atoms with Crippen LogP contribution in [0.5, 0.6) is 5.75 Å². The minimum atomic E-state index is -0.000336. The van der Waals surface area contributed by atoms with Crippen molar-refractivity contribution in [1.82, 2.24) is 4.98 Å². The predicted octanol–water partition coefficient (Wildman–Crippen LogP) is 4.52. The molecule has 0 fully saturated rings. The maximum Gasteiger partial charge on any atom is 0.138 e. The third-order valence-electron chi connectivity index (χ3n) is 2.55. The number of halogens is 1. The number of ether oxygens (including phenoxy) is 1. The fourth-order valence-corrected chi connectivity index (χ4v) is 2.00. The lowest BCUT2D eigenvalue weighted by molar-refractivity contribution is 0.301. The van der Waals surface area contributed by atoms with Crippen molar-refractivity contribution in [1.29, 1.82) is 0 Å². The van der Waals surface area contributed by atoms with Crippen molar-refractivity contribution in [2.24, 2.45) is 0 Å². The first-order valence-electron chi connectivity index (χ1n) is 6.54. The zero-order valence-electron chi connectivity index (χ0n) is 12.0. The third kappa shape index (κ3) is 4.42. The van der Waals surface area contributed by atoms with Crippen LogP contribution in [0.1, 0.15) is 26.5 Å². The molecular formula is C16H19ClN2O. The lowest BCUT2D eigenvalue weighted by Gasteiger charge is -2.22. The van der Waals surface area contributed by atoms with E-state index in [1.54, 1.807) is 6.20 Å². The van der Waals surface area contributed by atoms with E-state index in [0.717, 1.165) is 11.4 Å². The second-order valence-electron chi connectivity index (χ2n) is 5.63. The van der Waals surface area contributed by atoms with Crippen LogP contribution < -0.4 is 10.1 Å². The number of hydrogen-bond donors (Lipinski definition) is 1. The molecule has 4 heteroatoms. The molecule has 0 bridgehead atoms. The van der Waals surface area contributed by atoms with Gasteiger partial charge in [-0.25, -0.2) is 0 Å². The Morgan fingerprint density at radius 1 is 1.20 bits per heavy atom. The highest BCUT2D eigenvalue weighted by Gasteiger charge is 2.11. The summed E-state index contributed by atoms with van der Waals surface area (Å²) in [4.78, 5) is 4.21. The number of pyridine rings is 1. The highest BCUT2D eigenvalue weighted by molar-refractivity contribution is 6.32. The van der Waals surface area contributed by atoms with E-state index in [0.29, 0.717) is 17.4 Å². The minimum Gasteiger partial charge on any atom is -0.486 e. The Labute approximate surface area is 124 Å². The number of benzene rings is 1. The maximum atomic E-state index is 6.24. The van der Waals surface area contributed by atoms with Crippen LogP contribution in [-0.4, -0.2) is 10.5 Å². The summed E-state index contributed by atoms with van der Waals surface area (Å²) in [5, 5.41) is 3.96. The average Bonchev–Trinajstić information content (AvgIpc) is 2.37. The van der Waals surface area contributed by atoms with Gasteiger partial charge in [-0.3, -0.25) is 4.98 Å². The van der Waals surface area contributed by atoms with Crippen molar-refractivity contribution >= 4 is 17.3 Å². The topological polar surface area (TPSA) is 34.1 Å². The van der Waals surface area contributed by atoms with Gasteiger partial charge in [0.15, 0.2) is 0 Å². The smallest absolute Gasteiger partial charge is 0.138 e. The van der Waals surface area contributed by atoms with Crippen LogP contribution in [0.4, 0.5) is 5.69 Å². The molecule has 3 nitrogen and oxygen atoms in total. The molecule has 0 radical (unpaired) electrons. The van der Waals surface area contributed by atoms with Gasteiger partial charge in [0.2, 0.25) is 0 Å². The molecule has 1 N–H and O–H groups in total. The molecule has 0 atom stereocenters. The Hall–Kier alpha value is -1.74. The zero-order chi connectivity index (χ0) is 14.6. The average molecular weight is 291 g/mol. The van der Waals surface area contributed by atoms with Crippen LogP contribution in [0.25, 0.3) is 0 Å². The van der Waals surface area contributed by atoms with E-state index in [9.17, 15) is 0 Å². The molecule has 0 saturated heterocycles. The molecule has 0 unspecified atom stereocenters. The molecule has 0 saturated carbocycles. The lowest BCUT2D eigenvalue weighted by Crippen LogP contribution is -2.25. The monoisotopic (exact) mass is 290 g/mol. The Morgan fingerprint density at radius 2 is 2.00 bits per heavy atom. The van der Waals surface area contributed by atoms with E-state index >= 15 is 0 Å². The Balaban J connectivity index is 2.03. The second-order valence-corrected chi connectivity index (χ2v) is 6.04. The van der Waals surface area contributed by atoms with Crippen molar-refractivity contribution in [3.63, 3.8) is 0 Å². The van der Waals surface area contributed by atoms with Crippen LogP contribution >= 0.6 is 11.6 Å². The molecule has 106 valence electrons. The molecule has 1 aromatic carbocycles. The molecule has 0 aliphatic heterocycles. The third-order valence-corrected chi connectivity index (χ3v) is 2.85. The molecule has 0 amide bonds. The zero-order valence-corrected chi connectivity index (χ0v) is 12.7. The van der Waals surface area contributed by atoms with E-state index in [1.807, 2.05) is 36.4 Å². The number of aromatic nitrogens is 1. The van der Waals surface area contributed by atoms with Crippen LogP contribution in [0.2, 0.25) is 5.02 Å². The van der Waals surface area contributed by atoms with Gasteiger partial charge in [-0.05, 0) is 51.1 Å². The fraction of sp³-hybridized carbons (Fsp3) is 0.312. The highest BCUT2D eigenvalue weighted by Crippen LogP contribution is 2.29. The van der Waals surface area contributed by atoms with Crippen molar-refractivity contribution < 1.29 is 4.74 Å². The lowest BCUT2D eigenvalue weighted by atomic mass is 10.1. The largest absolute Gasteiger partial charge is 0.486 e. The first-order chi connectivity index (χ1) is 9.44. The predicted molar refractivity (Wildman–Crippen MR) is 83.4 cm³/mol.